The average Bonchev–Trinajstić information content (AvgIpc) is 3.19. The smallest absolute Gasteiger partial charge is 0.231 e. The molecule has 0 bridgehead atoms. The minimum absolute atomic E-state index is 0.112. The summed E-state index contributed by atoms with van der Waals surface area (Å²) in [6.45, 7) is 0.334. The Bertz CT molecular complexity index is 576. The van der Waals surface area contributed by atoms with E-state index in [-0.39, 0.29) is 11.5 Å². The first-order chi connectivity index (χ1) is 8.65. The van der Waals surface area contributed by atoms with Crippen molar-refractivity contribution in [2.24, 2.45) is 11.1 Å². The molecule has 0 unspecified atom stereocenters. The van der Waals surface area contributed by atoms with Crippen molar-refractivity contribution in [3.05, 3.63) is 29.3 Å². The predicted octanol–water partition coefficient (Wildman–Crippen LogP) is 1.11. The van der Waals surface area contributed by atoms with Crippen LogP contribution in [0.4, 0.5) is 5.69 Å². The summed E-state index contributed by atoms with van der Waals surface area (Å²) in [5.41, 5.74) is 6.22. The van der Waals surface area contributed by atoms with Gasteiger partial charge < -0.3 is 11.1 Å². The van der Waals surface area contributed by atoms with E-state index in [1.165, 1.54) is 12.1 Å². The van der Waals surface area contributed by atoms with E-state index < -0.39 is 5.41 Å². The van der Waals surface area contributed by atoms with Gasteiger partial charge in [0.25, 0.3) is 0 Å². The van der Waals surface area contributed by atoms with Gasteiger partial charge in [-0.05, 0) is 31.0 Å². The molecule has 0 aliphatic heterocycles. The van der Waals surface area contributed by atoms with Crippen LogP contribution in [0.1, 0.15) is 24.0 Å². The van der Waals surface area contributed by atoms with Crippen LogP contribution in [0, 0.1) is 28.1 Å². The largest absolute Gasteiger partial charge is 0.329 e. The van der Waals surface area contributed by atoms with Crippen molar-refractivity contribution in [1.29, 1.82) is 10.5 Å². The third kappa shape index (κ3) is 2.04. The topological polar surface area (TPSA) is 103 Å². The Labute approximate surface area is 105 Å². The molecule has 0 aromatic heterocycles. The van der Waals surface area contributed by atoms with Gasteiger partial charge in [-0.25, -0.2) is 0 Å². The first kappa shape index (κ1) is 12.1. The van der Waals surface area contributed by atoms with Gasteiger partial charge in [0.2, 0.25) is 5.91 Å². The van der Waals surface area contributed by atoms with Gasteiger partial charge in [-0.3, -0.25) is 4.79 Å². The first-order valence-corrected chi connectivity index (χ1v) is 5.61. The molecule has 1 aliphatic rings. The van der Waals surface area contributed by atoms with Crippen molar-refractivity contribution in [3.63, 3.8) is 0 Å². The van der Waals surface area contributed by atoms with Gasteiger partial charge in [0.05, 0.1) is 16.5 Å². The van der Waals surface area contributed by atoms with Gasteiger partial charge in [0.15, 0.2) is 0 Å². The van der Waals surface area contributed by atoms with Crippen molar-refractivity contribution < 1.29 is 4.79 Å². The number of carbonyl (C=O) groups excluding carboxylic acids is 1. The number of nitriles is 2. The summed E-state index contributed by atoms with van der Waals surface area (Å²) in [5.74, 6) is -0.112. The molecule has 0 spiro atoms. The molecule has 2 rings (SSSR count). The number of nitrogens with zero attached hydrogens (tertiary/aromatic N) is 2. The Morgan fingerprint density at radius 1 is 1.33 bits per heavy atom. The molecule has 1 fully saturated rings. The molecular formula is C13H12N4O. The zero-order valence-electron chi connectivity index (χ0n) is 9.73. The van der Waals surface area contributed by atoms with Crippen LogP contribution in [0.5, 0.6) is 0 Å². The van der Waals surface area contributed by atoms with Gasteiger partial charge in [-0.1, -0.05) is 0 Å². The molecule has 0 saturated heterocycles. The maximum atomic E-state index is 11.9. The van der Waals surface area contributed by atoms with E-state index in [0.717, 1.165) is 12.8 Å². The zero-order chi connectivity index (χ0) is 13.2. The molecular weight excluding hydrogens is 228 g/mol. The third-order valence-electron chi connectivity index (χ3n) is 3.24. The van der Waals surface area contributed by atoms with E-state index in [0.29, 0.717) is 17.8 Å². The normalized spacial score (nSPS) is 15.3. The molecule has 5 heteroatoms. The fraction of sp³-hybridized carbons (Fsp3) is 0.308. The van der Waals surface area contributed by atoms with Gasteiger partial charge in [-0.2, -0.15) is 10.5 Å². The van der Waals surface area contributed by atoms with Crippen LogP contribution in [0.3, 0.4) is 0 Å². The Hall–Kier alpha value is -2.37. The summed E-state index contributed by atoms with van der Waals surface area (Å²) in [6, 6.07) is 8.50. The average molecular weight is 240 g/mol. The first-order valence-electron chi connectivity index (χ1n) is 5.61. The van der Waals surface area contributed by atoms with Gasteiger partial charge in [0, 0.05) is 12.2 Å². The standard InChI is InChI=1S/C13H12N4O/c14-6-9-1-2-11(5-10(9)7-15)17-12(18)13(8-16)3-4-13/h1-2,5H,3-4,8,16H2,(H,17,18). The quantitative estimate of drug-likeness (QED) is 0.825. The number of nitrogens with one attached hydrogen (secondary N) is 1. The number of benzene rings is 1. The molecule has 0 heterocycles. The zero-order valence-corrected chi connectivity index (χ0v) is 9.73. The van der Waals surface area contributed by atoms with Crippen molar-refractivity contribution in [2.75, 3.05) is 11.9 Å². The second kappa shape index (κ2) is 4.48. The maximum Gasteiger partial charge on any atom is 0.231 e. The minimum atomic E-state index is -0.430. The lowest BCUT2D eigenvalue weighted by molar-refractivity contribution is -0.120. The second-order valence-corrected chi connectivity index (χ2v) is 4.42. The number of nitrogens with two attached hydrogens (primary N) is 1. The Morgan fingerprint density at radius 3 is 2.50 bits per heavy atom. The highest BCUT2D eigenvalue weighted by Crippen LogP contribution is 2.45. The van der Waals surface area contributed by atoms with Crippen LogP contribution in [0.2, 0.25) is 0 Å². The number of rotatable bonds is 3. The summed E-state index contributed by atoms with van der Waals surface area (Å²) in [7, 11) is 0. The van der Waals surface area contributed by atoms with Crippen molar-refractivity contribution >= 4 is 11.6 Å². The third-order valence-corrected chi connectivity index (χ3v) is 3.24. The van der Waals surface area contributed by atoms with Crippen LogP contribution >= 0.6 is 0 Å². The maximum absolute atomic E-state index is 11.9. The molecule has 0 atom stereocenters. The van der Waals surface area contributed by atoms with Crippen molar-refractivity contribution in [1.82, 2.24) is 0 Å². The molecule has 1 amide bonds. The number of amides is 1. The molecule has 90 valence electrons. The molecule has 0 radical (unpaired) electrons. The van der Waals surface area contributed by atoms with E-state index in [1.54, 1.807) is 6.07 Å². The summed E-state index contributed by atoms with van der Waals surface area (Å²) in [4.78, 5) is 11.9. The second-order valence-electron chi connectivity index (χ2n) is 4.42. The predicted molar refractivity (Wildman–Crippen MR) is 65.2 cm³/mol. The van der Waals surface area contributed by atoms with Crippen LogP contribution in [0.25, 0.3) is 0 Å². The van der Waals surface area contributed by atoms with E-state index in [1.807, 2.05) is 12.1 Å². The lowest BCUT2D eigenvalue weighted by atomic mass is 10.1. The summed E-state index contributed by atoms with van der Waals surface area (Å²) in [6.07, 6.45) is 1.60. The Morgan fingerprint density at radius 2 is 2.00 bits per heavy atom. The molecule has 3 N–H and O–H groups in total. The lowest BCUT2D eigenvalue weighted by Crippen LogP contribution is -2.30. The number of carbonyl (C=O) groups is 1. The highest BCUT2D eigenvalue weighted by molar-refractivity contribution is 5.97. The fourth-order valence-corrected chi connectivity index (χ4v) is 1.75. The molecule has 1 saturated carbocycles. The number of anilines is 1. The summed E-state index contributed by atoms with van der Waals surface area (Å²) in [5, 5.41) is 20.4. The molecule has 5 nitrogen and oxygen atoms in total. The summed E-state index contributed by atoms with van der Waals surface area (Å²) >= 11 is 0. The lowest BCUT2D eigenvalue weighted by Gasteiger charge is -2.13. The highest BCUT2D eigenvalue weighted by Gasteiger charge is 2.48. The molecule has 1 aromatic rings. The van der Waals surface area contributed by atoms with Gasteiger partial charge >= 0.3 is 0 Å². The van der Waals surface area contributed by atoms with Crippen LogP contribution in [-0.4, -0.2) is 12.5 Å². The van der Waals surface area contributed by atoms with Gasteiger partial charge in [-0.15, -0.1) is 0 Å². The van der Waals surface area contributed by atoms with Crippen LogP contribution < -0.4 is 11.1 Å². The Kier molecular flexibility index (Phi) is 3.01. The number of hydrogen-bond acceptors (Lipinski definition) is 4. The fourth-order valence-electron chi connectivity index (χ4n) is 1.75. The van der Waals surface area contributed by atoms with Crippen molar-refractivity contribution in [2.45, 2.75) is 12.8 Å². The number of hydrogen-bond donors (Lipinski definition) is 2. The minimum Gasteiger partial charge on any atom is -0.329 e. The SMILES string of the molecule is N#Cc1ccc(NC(=O)C2(CN)CC2)cc1C#N. The van der Waals surface area contributed by atoms with Crippen LogP contribution in [0.15, 0.2) is 18.2 Å². The molecule has 1 aromatic carbocycles. The van der Waals surface area contributed by atoms with E-state index in [9.17, 15) is 4.79 Å². The van der Waals surface area contributed by atoms with E-state index >= 15 is 0 Å². The van der Waals surface area contributed by atoms with E-state index in [4.69, 9.17) is 16.3 Å². The summed E-state index contributed by atoms with van der Waals surface area (Å²) < 4.78 is 0. The van der Waals surface area contributed by atoms with Crippen LogP contribution in [-0.2, 0) is 4.79 Å². The van der Waals surface area contributed by atoms with Crippen molar-refractivity contribution in [3.8, 4) is 12.1 Å². The monoisotopic (exact) mass is 240 g/mol. The molecule has 18 heavy (non-hydrogen) atoms. The highest BCUT2D eigenvalue weighted by atomic mass is 16.2. The van der Waals surface area contributed by atoms with E-state index in [2.05, 4.69) is 5.32 Å². The van der Waals surface area contributed by atoms with Gasteiger partial charge in [0.1, 0.15) is 12.1 Å². The molecule has 1 aliphatic carbocycles. The Balaban J connectivity index is 2.19.